The average Bonchev–Trinajstić information content (AvgIpc) is 1.84. The number of carbonyl (C=O) groups is 1. The third-order valence-electron chi connectivity index (χ3n) is 1.73. The number of carbonyl (C=O) groups excluding carboxylic acids is 1. The highest BCUT2D eigenvalue weighted by Crippen LogP contribution is 2.25. The maximum absolute atomic E-state index is 9.99. The van der Waals surface area contributed by atoms with Crippen LogP contribution in [0.2, 0.25) is 0 Å². The molecule has 0 heterocycles. The van der Waals surface area contributed by atoms with Gasteiger partial charge in [-0.3, -0.25) is 0 Å². The zero-order chi connectivity index (χ0) is 8.04. The molecule has 60 valence electrons. The van der Waals surface area contributed by atoms with Gasteiger partial charge in [-0.25, -0.2) is 0 Å². The summed E-state index contributed by atoms with van der Waals surface area (Å²) in [6.45, 7) is 4.34. The monoisotopic (exact) mass is 144 g/mol. The lowest BCUT2D eigenvalue weighted by atomic mass is 9.85. The summed E-state index contributed by atoms with van der Waals surface area (Å²) in [5.41, 5.74) is 0.121. The minimum Gasteiger partial charge on any atom is -0.396 e. The van der Waals surface area contributed by atoms with Crippen LogP contribution < -0.4 is 0 Å². The van der Waals surface area contributed by atoms with Crippen LogP contribution in [0.3, 0.4) is 0 Å². The summed E-state index contributed by atoms with van der Waals surface area (Å²) >= 11 is 0. The van der Waals surface area contributed by atoms with Gasteiger partial charge in [0.2, 0.25) is 0 Å². The molecule has 0 aromatic carbocycles. The number of aliphatic hydroxyl groups excluding tert-OH is 1. The van der Waals surface area contributed by atoms with Crippen LogP contribution in [0, 0.1) is 5.41 Å². The maximum Gasteiger partial charge on any atom is 0.120 e. The van der Waals surface area contributed by atoms with E-state index in [4.69, 9.17) is 5.11 Å². The summed E-state index contributed by atoms with van der Waals surface area (Å²) in [7, 11) is 0. The van der Waals surface area contributed by atoms with Crippen LogP contribution in [0.4, 0.5) is 0 Å². The second kappa shape index (κ2) is 4.45. The van der Waals surface area contributed by atoms with E-state index in [2.05, 4.69) is 13.8 Å². The second-order valence-corrected chi connectivity index (χ2v) is 3.34. The first kappa shape index (κ1) is 9.63. The molecular weight excluding hydrogens is 128 g/mol. The Morgan fingerprint density at radius 1 is 1.40 bits per heavy atom. The Morgan fingerprint density at radius 2 is 2.00 bits per heavy atom. The summed E-state index contributed by atoms with van der Waals surface area (Å²) in [6, 6.07) is 0. The van der Waals surface area contributed by atoms with Crippen molar-refractivity contribution in [3.05, 3.63) is 0 Å². The summed E-state index contributed by atoms with van der Waals surface area (Å²) in [4.78, 5) is 9.99. The van der Waals surface area contributed by atoms with Crippen LogP contribution in [-0.2, 0) is 4.79 Å². The lowest BCUT2D eigenvalue weighted by Crippen LogP contribution is -2.13. The van der Waals surface area contributed by atoms with Gasteiger partial charge in [-0.2, -0.15) is 0 Å². The van der Waals surface area contributed by atoms with E-state index in [9.17, 15) is 4.79 Å². The van der Waals surface area contributed by atoms with E-state index >= 15 is 0 Å². The van der Waals surface area contributed by atoms with Gasteiger partial charge in [0.25, 0.3) is 0 Å². The molecule has 0 aliphatic carbocycles. The minimum absolute atomic E-state index is 0.121. The first-order valence-electron chi connectivity index (χ1n) is 3.67. The summed E-state index contributed by atoms with van der Waals surface area (Å²) in [6.07, 6.45) is 3.18. The highest BCUT2D eigenvalue weighted by molar-refractivity contribution is 5.49. The zero-order valence-electron chi connectivity index (χ0n) is 6.76. The molecule has 0 radical (unpaired) electrons. The van der Waals surface area contributed by atoms with Crippen LogP contribution in [-0.4, -0.2) is 18.0 Å². The van der Waals surface area contributed by atoms with Gasteiger partial charge in [0.05, 0.1) is 0 Å². The predicted octanol–water partition coefficient (Wildman–Crippen LogP) is 1.37. The van der Waals surface area contributed by atoms with E-state index in [0.29, 0.717) is 6.42 Å². The molecule has 0 amide bonds. The van der Waals surface area contributed by atoms with E-state index in [0.717, 1.165) is 19.1 Å². The summed E-state index contributed by atoms with van der Waals surface area (Å²) in [5, 5.41) is 8.61. The quantitative estimate of drug-likeness (QED) is 0.592. The van der Waals surface area contributed by atoms with Crippen molar-refractivity contribution in [2.75, 3.05) is 6.61 Å². The zero-order valence-corrected chi connectivity index (χ0v) is 6.76. The number of hydrogen-bond acceptors (Lipinski definition) is 2. The molecule has 0 unspecified atom stereocenters. The summed E-state index contributed by atoms with van der Waals surface area (Å²) < 4.78 is 0. The Bertz CT molecular complexity index is 97.4. The van der Waals surface area contributed by atoms with Gasteiger partial charge in [-0.05, 0) is 18.3 Å². The van der Waals surface area contributed by atoms with E-state index in [1.54, 1.807) is 0 Å². The van der Waals surface area contributed by atoms with Gasteiger partial charge in [-0.15, -0.1) is 0 Å². The standard InChI is InChI=1S/C8H16O2/c1-8(2,5-7-10)4-3-6-9/h6,10H,3-5,7H2,1-2H3. The fourth-order valence-electron chi connectivity index (χ4n) is 0.877. The number of rotatable bonds is 5. The molecule has 2 nitrogen and oxygen atoms in total. The third-order valence-corrected chi connectivity index (χ3v) is 1.73. The molecular formula is C8H16O2. The Labute approximate surface area is 62.2 Å². The van der Waals surface area contributed by atoms with Gasteiger partial charge >= 0.3 is 0 Å². The Balaban J connectivity index is 3.51. The Morgan fingerprint density at radius 3 is 2.40 bits per heavy atom. The topological polar surface area (TPSA) is 37.3 Å². The molecule has 0 saturated carbocycles. The van der Waals surface area contributed by atoms with Crippen molar-refractivity contribution < 1.29 is 9.90 Å². The Kier molecular flexibility index (Phi) is 4.28. The average molecular weight is 144 g/mol. The van der Waals surface area contributed by atoms with Crippen molar-refractivity contribution >= 4 is 6.29 Å². The molecule has 0 aliphatic heterocycles. The number of hydrogen-bond donors (Lipinski definition) is 1. The molecule has 0 spiro atoms. The lowest BCUT2D eigenvalue weighted by Gasteiger charge is -2.21. The van der Waals surface area contributed by atoms with Gasteiger partial charge < -0.3 is 9.90 Å². The SMILES string of the molecule is CC(C)(CCO)CCC=O. The molecule has 0 saturated heterocycles. The van der Waals surface area contributed by atoms with E-state index in [1.165, 1.54) is 0 Å². The van der Waals surface area contributed by atoms with Gasteiger partial charge in [-0.1, -0.05) is 13.8 Å². The first-order chi connectivity index (χ1) is 4.62. The van der Waals surface area contributed by atoms with Crippen LogP contribution >= 0.6 is 0 Å². The molecule has 2 heteroatoms. The predicted molar refractivity (Wildman–Crippen MR) is 40.8 cm³/mol. The Hall–Kier alpha value is -0.370. The van der Waals surface area contributed by atoms with Crippen LogP contribution in [0.1, 0.15) is 33.1 Å². The maximum atomic E-state index is 9.99. The van der Waals surface area contributed by atoms with Crippen molar-refractivity contribution in [2.24, 2.45) is 5.41 Å². The van der Waals surface area contributed by atoms with E-state index < -0.39 is 0 Å². The van der Waals surface area contributed by atoms with E-state index in [-0.39, 0.29) is 12.0 Å². The molecule has 1 N–H and O–H groups in total. The molecule has 0 atom stereocenters. The molecule has 0 fully saturated rings. The largest absolute Gasteiger partial charge is 0.396 e. The smallest absolute Gasteiger partial charge is 0.120 e. The third kappa shape index (κ3) is 4.50. The van der Waals surface area contributed by atoms with Crippen LogP contribution in [0.15, 0.2) is 0 Å². The molecule has 0 aromatic rings. The molecule has 0 rings (SSSR count). The fraction of sp³-hybridized carbons (Fsp3) is 0.875. The van der Waals surface area contributed by atoms with Crippen molar-refractivity contribution in [1.29, 1.82) is 0 Å². The number of aliphatic hydroxyl groups is 1. The lowest BCUT2D eigenvalue weighted by molar-refractivity contribution is -0.108. The van der Waals surface area contributed by atoms with Crippen LogP contribution in [0.5, 0.6) is 0 Å². The van der Waals surface area contributed by atoms with Gasteiger partial charge in [0.1, 0.15) is 6.29 Å². The van der Waals surface area contributed by atoms with E-state index in [1.807, 2.05) is 0 Å². The van der Waals surface area contributed by atoms with Crippen molar-refractivity contribution in [2.45, 2.75) is 33.1 Å². The highest BCUT2D eigenvalue weighted by Gasteiger charge is 2.15. The van der Waals surface area contributed by atoms with Gasteiger partial charge in [0.15, 0.2) is 0 Å². The van der Waals surface area contributed by atoms with Crippen LogP contribution in [0.25, 0.3) is 0 Å². The normalized spacial score (nSPS) is 11.5. The van der Waals surface area contributed by atoms with Crippen molar-refractivity contribution in [3.8, 4) is 0 Å². The molecule has 0 aromatic heterocycles. The second-order valence-electron chi connectivity index (χ2n) is 3.34. The first-order valence-corrected chi connectivity index (χ1v) is 3.67. The van der Waals surface area contributed by atoms with Gasteiger partial charge in [0, 0.05) is 13.0 Å². The number of aldehydes is 1. The molecule has 0 bridgehead atoms. The van der Waals surface area contributed by atoms with Crippen molar-refractivity contribution in [3.63, 3.8) is 0 Å². The summed E-state index contributed by atoms with van der Waals surface area (Å²) in [5.74, 6) is 0. The molecule has 0 aliphatic rings. The minimum atomic E-state index is 0.121. The molecule has 10 heavy (non-hydrogen) atoms. The van der Waals surface area contributed by atoms with Crippen molar-refractivity contribution in [1.82, 2.24) is 0 Å². The highest BCUT2D eigenvalue weighted by atomic mass is 16.3. The fourth-order valence-corrected chi connectivity index (χ4v) is 0.877.